The average molecular weight is 183 g/mol. The summed E-state index contributed by atoms with van der Waals surface area (Å²) in [6.45, 7) is 0. The molecule has 4 nitrogen and oxygen atoms in total. The standard InChI is InChI=1S/C7H5NO3S/c8-5-1-2-12-6(5)4(3-9)7(10)11/h1-2H,8H2,(H,10,11). The van der Waals surface area contributed by atoms with Crippen molar-refractivity contribution < 1.29 is 14.7 Å². The van der Waals surface area contributed by atoms with Crippen molar-refractivity contribution in [1.82, 2.24) is 0 Å². The normalized spacial score (nSPS) is 9.00. The quantitative estimate of drug-likeness (QED) is 0.520. The number of nitrogens with two attached hydrogens (primary N) is 1. The van der Waals surface area contributed by atoms with Gasteiger partial charge >= 0.3 is 5.97 Å². The van der Waals surface area contributed by atoms with Crippen LogP contribution in [0.1, 0.15) is 4.88 Å². The summed E-state index contributed by atoms with van der Waals surface area (Å²) < 4.78 is 0. The first kappa shape index (κ1) is 8.52. The molecule has 0 aromatic carbocycles. The highest BCUT2D eigenvalue weighted by Crippen LogP contribution is 2.25. The van der Waals surface area contributed by atoms with Crippen molar-refractivity contribution in [2.45, 2.75) is 0 Å². The number of hydrogen-bond donors (Lipinski definition) is 2. The first-order valence-electron chi connectivity index (χ1n) is 2.98. The Morgan fingerprint density at radius 1 is 1.67 bits per heavy atom. The lowest BCUT2D eigenvalue weighted by Gasteiger charge is -1.93. The maximum Gasteiger partial charge on any atom is 0.348 e. The van der Waals surface area contributed by atoms with Crippen LogP contribution in [0.25, 0.3) is 5.57 Å². The molecule has 0 radical (unpaired) electrons. The summed E-state index contributed by atoms with van der Waals surface area (Å²) >= 11 is 1.11. The van der Waals surface area contributed by atoms with E-state index in [-0.39, 0.29) is 4.88 Å². The molecule has 5 heteroatoms. The molecule has 62 valence electrons. The second-order valence-electron chi connectivity index (χ2n) is 1.99. The minimum atomic E-state index is -1.31. The number of carbonyl (C=O) groups is 1. The van der Waals surface area contributed by atoms with E-state index in [9.17, 15) is 9.59 Å². The number of carbonyl (C=O) groups excluding carboxylic acids is 1. The maximum absolute atomic E-state index is 10.4. The summed E-state index contributed by atoms with van der Waals surface area (Å²) in [6.07, 6.45) is 0. The summed E-state index contributed by atoms with van der Waals surface area (Å²) in [7, 11) is 0. The van der Waals surface area contributed by atoms with Gasteiger partial charge in [-0.2, -0.15) is 0 Å². The van der Waals surface area contributed by atoms with Gasteiger partial charge in [0.05, 0.1) is 10.6 Å². The molecule has 1 aromatic rings. The Morgan fingerprint density at radius 3 is 2.67 bits per heavy atom. The van der Waals surface area contributed by atoms with Crippen molar-refractivity contribution >= 4 is 34.5 Å². The third kappa shape index (κ3) is 1.37. The van der Waals surface area contributed by atoms with E-state index >= 15 is 0 Å². The number of anilines is 1. The number of nitrogen functional groups attached to an aromatic ring is 1. The first-order valence-corrected chi connectivity index (χ1v) is 3.86. The van der Waals surface area contributed by atoms with E-state index in [0.29, 0.717) is 5.69 Å². The molecule has 0 fully saturated rings. The Kier molecular flexibility index (Phi) is 2.28. The third-order valence-corrected chi connectivity index (χ3v) is 2.19. The molecule has 0 saturated heterocycles. The summed E-state index contributed by atoms with van der Waals surface area (Å²) in [5, 5.41) is 10.1. The van der Waals surface area contributed by atoms with Crippen LogP contribution in [0, 0.1) is 0 Å². The fourth-order valence-electron chi connectivity index (χ4n) is 0.709. The van der Waals surface area contributed by atoms with E-state index in [2.05, 4.69) is 0 Å². The third-order valence-electron chi connectivity index (χ3n) is 1.24. The molecule has 0 atom stereocenters. The molecule has 0 spiro atoms. The molecule has 0 amide bonds. The zero-order chi connectivity index (χ0) is 9.14. The van der Waals surface area contributed by atoms with Crippen LogP contribution in [0.2, 0.25) is 0 Å². The van der Waals surface area contributed by atoms with Crippen molar-refractivity contribution in [3.8, 4) is 0 Å². The van der Waals surface area contributed by atoms with Gasteiger partial charge in [-0.3, -0.25) is 0 Å². The highest BCUT2D eigenvalue weighted by Gasteiger charge is 2.15. The van der Waals surface area contributed by atoms with Crippen molar-refractivity contribution in [3.05, 3.63) is 16.3 Å². The molecule has 1 aromatic heterocycles. The number of carboxylic acid groups (broad SMARTS) is 1. The number of carboxylic acids is 1. The molecule has 1 heterocycles. The number of rotatable bonds is 2. The van der Waals surface area contributed by atoms with Crippen molar-refractivity contribution in [3.63, 3.8) is 0 Å². The van der Waals surface area contributed by atoms with Gasteiger partial charge in [-0.15, -0.1) is 11.3 Å². The Morgan fingerprint density at radius 2 is 2.33 bits per heavy atom. The Labute approximate surface area is 71.9 Å². The molecule has 1 rings (SSSR count). The van der Waals surface area contributed by atoms with Crippen LogP contribution in [-0.4, -0.2) is 17.0 Å². The predicted octanol–water partition coefficient (Wildman–Crippen LogP) is 0.630. The van der Waals surface area contributed by atoms with Gasteiger partial charge in [0.2, 0.25) is 0 Å². The molecule has 0 bridgehead atoms. The smallest absolute Gasteiger partial charge is 0.348 e. The summed E-state index contributed by atoms with van der Waals surface area (Å²) in [5.41, 5.74) is 5.28. The SMILES string of the molecule is Nc1ccsc1C(=C=O)C(=O)O. The summed E-state index contributed by atoms with van der Waals surface area (Å²) in [6, 6.07) is 1.54. The topological polar surface area (TPSA) is 80.4 Å². The van der Waals surface area contributed by atoms with Crippen molar-refractivity contribution in [1.29, 1.82) is 0 Å². The van der Waals surface area contributed by atoms with Crippen LogP contribution in [-0.2, 0) is 9.59 Å². The highest BCUT2D eigenvalue weighted by atomic mass is 32.1. The molecule has 0 saturated carbocycles. The Hall–Kier alpha value is -1.58. The number of hydrogen-bond acceptors (Lipinski definition) is 4. The van der Waals surface area contributed by atoms with Gasteiger partial charge in [0.1, 0.15) is 5.94 Å². The van der Waals surface area contributed by atoms with Crippen LogP contribution in [0.15, 0.2) is 11.4 Å². The van der Waals surface area contributed by atoms with Gasteiger partial charge in [0.25, 0.3) is 0 Å². The fourth-order valence-corrected chi connectivity index (χ4v) is 1.51. The van der Waals surface area contributed by atoms with Gasteiger partial charge in [0.15, 0.2) is 5.57 Å². The predicted molar refractivity (Wildman–Crippen MR) is 45.5 cm³/mol. The molecule has 0 aliphatic heterocycles. The molecule has 12 heavy (non-hydrogen) atoms. The number of aliphatic carboxylic acids is 1. The second kappa shape index (κ2) is 3.21. The lowest BCUT2D eigenvalue weighted by atomic mass is 10.2. The lowest BCUT2D eigenvalue weighted by Crippen LogP contribution is -2.00. The Bertz CT molecular complexity index is 362. The number of thiophene rings is 1. The van der Waals surface area contributed by atoms with Gasteiger partial charge in [0, 0.05) is 0 Å². The van der Waals surface area contributed by atoms with E-state index in [1.54, 1.807) is 11.4 Å². The van der Waals surface area contributed by atoms with E-state index in [4.69, 9.17) is 10.8 Å². The zero-order valence-corrected chi connectivity index (χ0v) is 6.72. The molecular weight excluding hydrogens is 178 g/mol. The van der Waals surface area contributed by atoms with Gasteiger partial charge in [-0.1, -0.05) is 0 Å². The van der Waals surface area contributed by atoms with Crippen LogP contribution in [0.3, 0.4) is 0 Å². The van der Waals surface area contributed by atoms with Crippen LogP contribution < -0.4 is 5.73 Å². The molecule has 3 N–H and O–H groups in total. The van der Waals surface area contributed by atoms with Crippen LogP contribution in [0.4, 0.5) is 5.69 Å². The summed E-state index contributed by atoms with van der Waals surface area (Å²) in [5.74, 6) is 0.0359. The van der Waals surface area contributed by atoms with Crippen LogP contribution >= 0.6 is 11.3 Å². The molecule has 0 aliphatic rings. The van der Waals surface area contributed by atoms with Crippen LogP contribution in [0.5, 0.6) is 0 Å². The van der Waals surface area contributed by atoms with Gasteiger partial charge < -0.3 is 10.8 Å². The molecular formula is C7H5NO3S. The summed E-state index contributed by atoms with van der Waals surface area (Å²) in [4.78, 5) is 20.9. The Balaban J connectivity index is 3.22. The molecule has 0 unspecified atom stereocenters. The minimum absolute atomic E-state index is 0.262. The average Bonchev–Trinajstić information content (AvgIpc) is 2.38. The monoisotopic (exact) mass is 183 g/mol. The highest BCUT2D eigenvalue weighted by molar-refractivity contribution is 7.12. The minimum Gasteiger partial charge on any atom is -0.477 e. The zero-order valence-electron chi connectivity index (χ0n) is 5.90. The fraction of sp³-hybridized carbons (Fsp3) is 0. The first-order chi connectivity index (χ1) is 5.66. The van der Waals surface area contributed by atoms with Crippen molar-refractivity contribution in [2.24, 2.45) is 0 Å². The van der Waals surface area contributed by atoms with E-state index < -0.39 is 11.5 Å². The van der Waals surface area contributed by atoms with Gasteiger partial charge in [-0.25, -0.2) is 9.59 Å². The van der Waals surface area contributed by atoms with E-state index in [0.717, 1.165) is 11.3 Å². The molecule has 0 aliphatic carbocycles. The lowest BCUT2D eigenvalue weighted by molar-refractivity contribution is -0.130. The van der Waals surface area contributed by atoms with Gasteiger partial charge in [-0.05, 0) is 11.4 Å². The van der Waals surface area contributed by atoms with E-state index in [1.165, 1.54) is 5.94 Å². The maximum atomic E-state index is 10.4. The second-order valence-corrected chi connectivity index (χ2v) is 2.90. The van der Waals surface area contributed by atoms with E-state index in [1.807, 2.05) is 0 Å². The van der Waals surface area contributed by atoms with Crippen molar-refractivity contribution in [2.75, 3.05) is 5.73 Å². The largest absolute Gasteiger partial charge is 0.477 e.